The molecule has 2 N–H and O–H groups in total. The third-order valence-corrected chi connectivity index (χ3v) is 4.24. The number of nitrogens with zero attached hydrogens (tertiary/aromatic N) is 1. The highest BCUT2D eigenvalue weighted by Crippen LogP contribution is 2.34. The van der Waals surface area contributed by atoms with Gasteiger partial charge < -0.3 is 10.5 Å². The van der Waals surface area contributed by atoms with Gasteiger partial charge in [0, 0.05) is 26.2 Å². The van der Waals surface area contributed by atoms with E-state index in [1.54, 1.807) is 18.4 Å². The number of ether oxygens (including phenoxy) is 1. The first-order chi connectivity index (χ1) is 8.19. The molecule has 1 atom stereocenters. The molecule has 3 nitrogen and oxygen atoms in total. The molecule has 1 heterocycles. The minimum atomic E-state index is -0.0438. The summed E-state index contributed by atoms with van der Waals surface area (Å²) in [6.07, 6.45) is 2.59. The molecule has 0 aliphatic heterocycles. The Kier molecular flexibility index (Phi) is 4.20. The van der Waals surface area contributed by atoms with Crippen LogP contribution in [0.1, 0.15) is 25.3 Å². The second kappa shape index (κ2) is 5.48. The van der Waals surface area contributed by atoms with Crippen LogP contribution in [0, 0.1) is 0 Å². The summed E-state index contributed by atoms with van der Waals surface area (Å²) in [5.74, 6) is 0. The standard InChI is InChI=1S/C13H22N2OS/c1-13(9-14,10-16-2)15(12-3-4-12)7-11-5-6-17-8-11/h5-6,8,12H,3-4,7,9-10,14H2,1-2H3. The van der Waals surface area contributed by atoms with Crippen LogP contribution in [0.5, 0.6) is 0 Å². The van der Waals surface area contributed by atoms with Crippen LogP contribution in [0.15, 0.2) is 16.8 Å². The largest absolute Gasteiger partial charge is 0.383 e. The first-order valence-electron chi connectivity index (χ1n) is 6.16. The zero-order valence-electron chi connectivity index (χ0n) is 10.7. The van der Waals surface area contributed by atoms with Crippen molar-refractivity contribution in [2.75, 3.05) is 20.3 Å². The number of hydrogen-bond donors (Lipinski definition) is 1. The van der Waals surface area contributed by atoms with E-state index in [0.717, 1.165) is 6.54 Å². The molecule has 2 rings (SSSR count). The van der Waals surface area contributed by atoms with Crippen molar-refractivity contribution in [3.63, 3.8) is 0 Å². The predicted octanol–water partition coefficient (Wildman–Crippen LogP) is 2.08. The highest BCUT2D eigenvalue weighted by atomic mass is 32.1. The van der Waals surface area contributed by atoms with Crippen LogP contribution in [0.25, 0.3) is 0 Å². The highest BCUT2D eigenvalue weighted by Gasteiger charge is 2.40. The molecule has 4 heteroatoms. The Hall–Kier alpha value is -0.420. The number of hydrogen-bond acceptors (Lipinski definition) is 4. The van der Waals surface area contributed by atoms with Crippen LogP contribution in [0.2, 0.25) is 0 Å². The van der Waals surface area contributed by atoms with Crippen molar-refractivity contribution in [3.05, 3.63) is 22.4 Å². The zero-order chi connectivity index (χ0) is 12.3. The number of thiophene rings is 1. The van der Waals surface area contributed by atoms with Crippen molar-refractivity contribution in [1.82, 2.24) is 4.90 Å². The fraction of sp³-hybridized carbons (Fsp3) is 0.692. The lowest BCUT2D eigenvalue weighted by atomic mass is 10.00. The van der Waals surface area contributed by atoms with Crippen LogP contribution in [0.3, 0.4) is 0 Å². The second-order valence-electron chi connectivity index (χ2n) is 5.12. The SMILES string of the molecule is COCC(C)(CN)N(Cc1ccsc1)C1CC1. The number of rotatable bonds is 7. The first kappa shape index (κ1) is 13.0. The van der Waals surface area contributed by atoms with Gasteiger partial charge in [0.1, 0.15) is 0 Å². The molecule has 1 aromatic rings. The smallest absolute Gasteiger partial charge is 0.0656 e. The first-order valence-corrected chi connectivity index (χ1v) is 7.11. The number of nitrogens with two attached hydrogens (primary N) is 1. The molecular weight excluding hydrogens is 232 g/mol. The lowest BCUT2D eigenvalue weighted by Crippen LogP contribution is -2.55. The maximum atomic E-state index is 5.97. The molecule has 1 aliphatic rings. The van der Waals surface area contributed by atoms with E-state index in [-0.39, 0.29) is 5.54 Å². The predicted molar refractivity (Wildman–Crippen MR) is 72.2 cm³/mol. The maximum absolute atomic E-state index is 5.97. The molecule has 1 aliphatic carbocycles. The van der Waals surface area contributed by atoms with Gasteiger partial charge >= 0.3 is 0 Å². The summed E-state index contributed by atoms with van der Waals surface area (Å²) >= 11 is 1.76. The normalized spacial score (nSPS) is 19.5. The molecular formula is C13H22N2OS. The quantitative estimate of drug-likeness (QED) is 0.809. The molecule has 0 saturated heterocycles. The molecule has 1 aromatic heterocycles. The molecule has 0 bridgehead atoms. The third-order valence-electron chi connectivity index (χ3n) is 3.51. The fourth-order valence-electron chi connectivity index (χ4n) is 2.30. The average Bonchev–Trinajstić information content (AvgIpc) is 3.03. The van der Waals surface area contributed by atoms with Crippen molar-refractivity contribution < 1.29 is 4.74 Å². The van der Waals surface area contributed by atoms with E-state index in [1.807, 2.05) is 0 Å². The van der Waals surface area contributed by atoms with Crippen molar-refractivity contribution in [3.8, 4) is 0 Å². The Balaban J connectivity index is 2.10. The molecule has 96 valence electrons. The Bertz CT molecular complexity index is 337. The van der Waals surface area contributed by atoms with Crippen LogP contribution < -0.4 is 5.73 Å². The van der Waals surface area contributed by atoms with Gasteiger partial charge in [0.2, 0.25) is 0 Å². The summed E-state index contributed by atoms with van der Waals surface area (Å²) in [6, 6.07) is 2.89. The molecule has 17 heavy (non-hydrogen) atoms. The van der Waals surface area contributed by atoms with Gasteiger partial charge in [-0.15, -0.1) is 0 Å². The van der Waals surface area contributed by atoms with E-state index in [9.17, 15) is 0 Å². The summed E-state index contributed by atoms with van der Waals surface area (Å²) in [5, 5.41) is 4.36. The van der Waals surface area contributed by atoms with Gasteiger partial charge in [-0.3, -0.25) is 4.90 Å². The molecule has 0 spiro atoms. The lowest BCUT2D eigenvalue weighted by Gasteiger charge is -2.40. The van der Waals surface area contributed by atoms with Crippen molar-refractivity contribution >= 4 is 11.3 Å². The minimum Gasteiger partial charge on any atom is -0.383 e. The fourth-order valence-corrected chi connectivity index (χ4v) is 2.96. The summed E-state index contributed by atoms with van der Waals surface area (Å²) < 4.78 is 5.36. The van der Waals surface area contributed by atoms with E-state index >= 15 is 0 Å². The van der Waals surface area contributed by atoms with Gasteiger partial charge in [0.15, 0.2) is 0 Å². The Morgan fingerprint density at radius 3 is 2.82 bits per heavy atom. The van der Waals surface area contributed by atoms with Gasteiger partial charge in [-0.25, -0.2) is 0 Å². The third kappa shape index (κ3) is 3.07. The van der Waals surface area contributed by atoms with Crippen LogP contribution in [0.4, 0.5) is 0 Å². The Morgan fingerprint density at radius 1 is 1.59 bits per heavy atom. The minimum absolute atomic E-state index is 0.0438. The van der Waals surface area contributed by atoms with Gasteiger partial charge in [0.25, 0.3) is 0 Å². The maximum Gasteiger partial charge on any atom is 0.0656 e. The molecule has 0 amide bonds. The topological polar surface area (TPSA) is 38.5 Å². The van der Waals surface area contributed by atoms with Gasteiger partial charge in [-0.05, 0) is 42.2 Å². The Labute approximate surface area is 108 Å². The summed E-state index contributed by atoms with van der Waals surface area (Å²) in [7, 11) is 1.75. The second-order valence-corrected chi connectivity index (χ2v) is 5.90. The van der Waals surface area contributed by atoms with Crippen LogP contribution >= 0.6 is 11.3 Å². The van der Waals surface area contributed by atoms with Crippen LogP contribution in [-0.4, -0.2) is 36.7 Å². The van der Waals surface area contributed by atoms with E-state index < -0.39 is 0 Å². The molecule has 0 aromatic carbocycles. The van der Waals surface area contributed by atoms with E-state index in [4.69, 9.17) is 10.5 Å². The molecule has 0 radical (unpaired) electrons. The van der Waals surface area contributed by atoms with E-state index in [1.165, 1.54) is 18.4 Å². The van der Waals surface area contributed by atoms with Gasteiger partial charge in [0.05, 0.1) is 12.1 Å². The molecule has 1 saturated carbocycles. The van der Waals surface area contributed by atoms with Gasteiger partial charge in [-0.1, -0.05) is 0 Å². The summed E-state index contributed by atoms with van der Waals surface area (Å²) in [4.78, 5) is 2.53. The summed E-state index contributed by atoms with van der Waals surface area (Å²) in [6.45, 7) is 4.54. The number of methoxy groups -OCH3 is 1. The molecule has 1 fully saturated rings. The lowest BCUT2D eigenvalue weighted by molar-refractivity contribution is 0.0158. The monoisotopic (exact) mass is 254 g/mol. The van der Waals surface area contributed by atoms with Crippen molar-refractivity contribution in [2.45, 2.75) is 37.9 Å². The highest BCUT2D eigenvalue weighted by molar-refractivity contribution is 7.07. The van der Waals surface area contributed by atoms with Crippen molar-refractivity contribution in [1.29, 1.82) is 0 Å². The van der Waals surface area contributed by atoms with E-state index in [0.29, 0.717) is 19.2 Å². The Morgan fingerprint density at radius 2 is 2.35 bits per heavy atom. The van der Waals surface area contributed by atoms with Crippen molar-refractivity contribution in [2.24, 2.45) is 5.73 Å². The van der Waals surface area contributed by atoms with E-state index in [2.05, 4.69) is 28.7 Å². The summed E-state index contributed by atoms with van der Waals surface area (Å²) in [5.41, 5.74) is 7.31. The average molecular weight is 254 g/mol. The van der Waals surface area contributed by atoms with Gasteiger partial charge in [-0.2, -0.15) is 11.3 Å². The zero-order valence-corrected chi connectivity index (χ0v) is 11.5. The van der Waals surface area contributed by atoms with Crippen LogP contribution in [-0.2, 0) is 11.3 Å². The molecule has 1 unspecified atom stereocenters.